The monoisotopic (exact) mass is 404 g/mol. The molecule has 0 saturated carbocycles. The van der Waals surface area contributed by atoms with E-state index in [1.807, 2.05) is 18.2 Å². The number of nitrogens with zero attached hydrogens (tertiary/aromatic N) is 2. The summed E-state index contributed by atoms with van der Waals surface area (Å²) in [4.78, 5) is 21.4. The Hall–Kier alpha value is -2.37. The van der Waals surface area contributed by atoms with Gasteiger partial charge in [-0.15, -0.1) is 0 Å². The lowest BCUT2D eigenvalue weighted by atomic mass is 10.0. The third-order valence-electron chi connectivity index (χ3n) is 6.88. The van der Waals surface area contributed by atoms with Crippen LogP contribution in [0.3, 0.4) is 0 Å². The zero-order chi connectivity index (χ0) is 20.3. The molecule has 3 heterocycles. The molecule has 5 rings (SSSR count). The van der Waals surface area contributed by atoms with E-state index < -0.39 is 0 Å². The van der Waals surface area contributed by atoms with E-state index in [9.17, 15) is 4.79 Å². The van der Waals surface area contributed by atoms with Crippen molar-refractivity contribution in [2.75, 3.05) is 39.3 Å². The van der Waals surface area contributed by atoms with E-state index in [0.29, 0.717) is 5.69 Å². The number of fused-ring (bicyclic) bond motifs is 3. The van der Waals surface area contributed by atoms with Crippen molar-refractivity contribution in [1.29, 1.82) is 0 Å². The van der Waals surface area contributed by atoms with Crippen molar-refractivity contribution in [3.63, 3.8) is 0 Å². The molecule has 2 saturated heterocycles. The number of carbonyl (C=O) groups excluding carboxylic acids is 1. The lowest BCUT2D eigenvalue weighted by Crippen LogP contribution is -2.46. The molecule has 0 aliphatic carbocycles. The third-order valence-corrected chi connectivity index (χ3v) is 6.88. The lowest BCUT2D eigenvalue weighted by molar-refractivity contribution is 0.0901. The van der Waals surface area contributed by atoms with Crippen molar-refractivity contribution in [2.45, 2.75) is 38.1 Å². The molecule has 0 radical (unpaired) electrons. The van der Waals surface area contributed by atoms with Crippen LogP contribution in [-0.2, 0) is 0 Å². The molecule has 5 nitrogen and oxygen atoms in total. The number of amides is 1. The van der Waals surface area contributed by atoms with Crippen LogP contribution in [0, 0.1) is 0 Å². The van der Waals surface area contributed by atoms with Crippen LogP contribution in [0.2, 0.25) is 0 Å². The summed E-state index contributed by atoms with van der Waals surface area (Å²) in [6.07, 6.45) is 6.19. The van der Waals surface area contributed by atoms with Gasteiger partial charge in [0.2, 0.25) is 0 Å². The van der Waals surface area contributed by atoms with Crippen molar-refractivity contribution in [1.82, 2.24) is 20.1 Å². The van der Waals surface area contributed by atoms with Crippen LogP contribution >= 0.6 is 0 Å². The molecule has 2 fully saturated rings. The number of hydrogen-bond donors (Lipinski definition) is 2. The summed E-state index contributed by atoms with van der Waals surface area (Å²) in [6.45, 7) is 7.06. The largest absolute Gasteiger partial charge is 0.351 e. The van der Waals surface area contributed by atoms with Crippen LogP contribution in [-0.4, -0.2) is 66.0 Å². The first kappa shape index (κ1) is 19.6. The topological polar surface area (TPSA) is 51.4 Å². The van der Waals surface area contributed by atoms with Gasteiger partial charge in [-0.3, -0.25) is 4.79 Å². The molecule has 2 aliphatic heterocycles. The number of carbonyl (C=O) groups is 1. The average molecular weight is 405 g/mol. The number of aromatic nitrogens is 1. The number of nitrogens with one attached hydrogen (secondary N) is 2. The van der Waals surface area contributed by atoms with Gasteiger partial charge in [-0.1, -0.05) is 36.8 Å². The first-order valence-corrected chi connectivity index (χ1v) is 11.5. The Bertz CT molecular complexity index is 1010. The summed E-state index contributed by atoms with van der Waals surface area (Å²) < 4.78 is 0. The van der Waals surface area contributed by atoms with Crippen molar-refractivity contribution < 1.29 is 4.79 Å². The molecule has 30 heavy (non-hydrogen) atoms. The van der Waals surface area contributed by atoms with Gasteiger partial charge in [0.15, 0.2) is 0 Å². The Morgan fingerprint density at radius 2 is 1.63 bits per heavy atom. The Labute approximate surface area is 178 Å². The van der Waals surface area contributed by atoms with E-state index in [1.54, 1.807) is 0 Å². The fourth-order valence-corrected chi connectivity index (χ4v) is 5.04. The predicted molar refractivity (Wildman–Crippen MR) is 123 cm³/mol. The number of hydrogen-bond acceptors (Lipinski definition) is 3. The van der Waals surface area contributed by atoms with Crippen LogP contribution < -0.4 is 5.32 Å². The summed E-state index contributed by atoms with van der Waals surface area (Å²) in [7, 11) is 0. The molecular formula is C25H32N4O. The molecule has 0 bridgehead atoms. The normalized spacial score (nSPS) is 19.5. The van der Waals surface area contributed by atoms with Crippen LogP contribution in [0.4, 0.5) is 0 Å². The average Bonchev–Trinajstić information content (AvgIpc) is 3.25. The summed E-state index contributed by atoms with van der Waals surface area (Å²) in [5.41, 5.74) is 1.68. The maximum atomic E-state index is 12.9. The predicted octanol–water partition coefficient (Wildman–Crippen LogP) is 4.00. The van der Waals surface area contributed by atoms with E-state index in [2.05, 4.69) is 44.4 Å². The van der Waals surface area contributed by atoms with Crippen LogP contribution in [0.25, 0.3) is 21.7 Å². The van der Waals surface area contributed by atoms with Crippen molar-refractivity contribution in [2.24, 2.45) is 0 Å². The summed E-state index contributed by atoms with van der Waals surface area (Å²) in [5, 5.41) is 6.77. The van der Waals surface area contributed by atoms with Crippen molar-refractivity contribution in [3.8, 4) is 0 Å². The second-order valence-electron chi connectivity index (χ2n) is 8.92. The molecule has 1 amide bonds. The Kier molecular flexibility index (Phi) is 5.73. The summed E-state index contributed by atoms with van der Waals surface area (Å²) in [5.74, 6) is 0.0158. The van der Waals surface area contributed by atoms with Gasteiger partial charge in [0.05, 0.1) is 0 Å². The van der Waals surface area contributed by atoms with Gasteiger partial charge >= 0.3 is 0 Å². The van der Waals surface area contributed by atoms with E-state index in [4.69, 9.17) is 0 Å². The number of likely N-dealkylation sites (tertiary alicyclic amines) is 2. The minimum Gasteiger partial charge on any atom is -0.351 e. The SMILES string of the molecule is O=C(NC1CCN(CCN2CCCCC2)CC1)c1cc2c(ccc3ccccc32)[nH]1. The first-order chi connectivity index (χ1) is 14.8. The molecule has 5 heteroatoms. The fourth-order valence-electron chi connectivity index (χ4n) is 5.04. The molecule has 2 N–H and O–H groups in total. The van der Waals surface area contributed by atoms with Gasteiger partial charge in [0.25, 0.3) is 5.91 Å². The van der Waals surface area contributed by atoms with Gasteiger partial charge < -0.3 is 20.1 Å². The van der Waals surface area contributed by atoms with Gasteiger partial charge in [-0.05, 0) is 61.7 Å². The number of rotatable bonds is 5. The fraction of sp³-hybridized carbons (Fsp3) is 0.480. The van der Waals surface area contributed by atoms with Gasteiger partial charge in [-0.25, -0.2) is 0 Å². The van der Waals surface area contributed by atoms with E-state index in [1.165, 1.54) is 49.7 Å². The third kappa shape index (κ3) is 4.23. The molecule has 0 atom stereocenters. The lowest BCUT2D eigenvalue weighted by Gasteiger charge is -2.34. The maximum Gasteiger partial charge on any atom is 0.267 e. The standard InChI is InChI=1S/C25H32N4O/c30-25(24-18-22-21-7-3-2-6-19(21)8-9-23(22)27-24)26-20-10-14-29(15-11-20)17-16-28-12-4-1-5-13-28/h2-3,6-9,18,20,27H,1,4-5,10-17H2,(H,26,30). The Morgan fingerprint density at radius 3 is 2.43 bits per heavy atom. The molecule has 2 aliphatic rings. The zero-order valence-corrected chi connectivity index (χ0v) is 17.7. The van der Waals surface area contributed by atoms with Gasteiger partial charge in [-0.2, -0.15) is 0 Å². The van der Waals surface area contributed by atoms with Crippen LogP contribution in [0.5, 0.6) is 0 Å². The van der Waals surface area contributed by atoms with E-state index in [-0.39, 0.29) is 11.9 Å². The number of piperidine rings is 2. The highest BCUT2D eigenvalue weighted by Gasteiger charge is 2.22. The highest BCUT2D eigenvalue weighted by atomic mass is 16.1. The second-order valence-corrected chi connectivity index (χ2v) is 8.92. The molecule has 3 aromatic rings. The molecular weight excluding hydrogens is 372 g/mol. The molecule has 158 valence electrons. The summed E-state index contributed by atoms with van der Waals surface area (Å²) in [6, 6.07) is 14.8. The van der Waals surface area contributed by atoms with Crippen molar-refractivity contribution >= 4 is 27.6 Å². The zero-order valence-electron chi connectivity index (χ0n) is 17.7. The Balaban J connectivity index is 1.16. The molecule has 0 unspecified atom stereocenters. The maximum absolute atomic E-state index is 12.9. The number of benzene rings is 2. The van der Waals surface area contributed by atoms with Crippen LogP contribution in [0.15, 0.2) is 42.5 Å². The smallest absolute Gasteiger partial charge is 0.267 e. The molecule has 0 spiro atoms. The minimum absolute atomic E-state index is 0.0158. The Morgan fingerprint density at radius 1 is 0.900 bits per heavy atom. The number of H-pyrrole nitrogens is 1. The quantitative estimate of drug-likeness (QED) is 0.676. The first-order valence-electron chi connectivity index (χ1n) is 11.5. The van der Waals surface area contributed by atoms with Gasteiger partial charge in [0.1, 0.15) is 5.69 Å². The minimum atomic E-state index is 0.0158. The van der Waals surface area contributed by atoms with Gasteiger partial charge in [0, 0.05) is 43.1 Å². The summed E-state index contributed by atoms with van der Waals surface area (Å²) >= 11 is 0. The van der Waals surface area contributed by atoms with E-state index >= 15 is 0 Å². The highest BCUT2D eigenvalue weighted by molar-refractivity contribution is 6.09. The van der Waals surface area contributed by atoms with Crippen LogP contribution in [0.1, 0.15) is 42.6 Å². The highest BCUT2D eigenvalue weighted by Crippen LogP contribution is 2.26. The second kappa shape index (κ2) is 8.78. The molecule has 1 aromatic heterocycles. The van der Waals surface area contributed by atoms with Crippen molar-refractivity contribution in [3.05, 3.63) is 48.2 Å². The number of aromatic amines is 1. The van der Waals surface area contributed by atoms with E-state index in [0.717, 1.165) is 43.4 Å². The molecule has 2 aromatic carbocycles.